The molecule has 0 bridgehead atoms. The summed E-state index contributed by atoms with van der Waals surface area (Å²) in [6, 6.07) is 21.6. The Kier molecular flexibility index (Phi) is 6.35. The van der Waals surface area contributed by atoms with Gasteiger partial charge in [-0.1, -0.05) is 47.5 Å². The van der Waals surface area contributed by atoms with E-state index in [2.05, 4.69) is 19.2 Å². The van der Waals surface area contributed by atoms with Gasteiger partial charge in [0.25, 0.3) is 0 Å². The quantitative estimate of drug-likeness (QED) is 0.412. The predicted molar refractivity (Wildman–Crippen MR) is 136 cm³/mol. The zero-order valence-electron chi connectivity index (χ0n) is 19.4. The first-order valence-electron chi connectivity index (χ1n) is 10.9. The van der Waals surface area contributed by atoms with E-state index in [1.807, 2.05) is 80.6 Å². The third-order valence-corrected chi connectivity index (χ3v) is 6.82. The molecule has 0 spiro atoms. The highest BCUT2D eigenvalue weighted by atomic mass is 35.5. The number of rotatable bonds is 6. The van der Waals surface area contributed by atoms with Crippen LogP contribution in [-0.4, -0.2) is 19.0 Å². The van der Waals surface area contributed by atoms with Gasteiger partial charge in [-0.15, -0.1) is 0 Å². The Labute approximate surface area is 205 Å². The summed E-state index contributed by atoms with van der Waals surface area (Å²) in [5, 5.41) is 5.11. The molecule has 0 unspecified atom stereocenters. The van der Waals surface area contributed by atoms with Crippen molar-refractivity contribution in [2.24, 2.45) is 4.99 Å². The van der Waals surface area contributed by atoms with Gasteiger partial charge in [0.05, 0.1) is 24.3 Å². The molecule has 2 atom stereocenters. The van der Waals surface area contributed by atoms with Crippen molar-refractivity contribution < 1.29 is 9.47 Å². The fourth-order valence-electron chi connectivity index (χ4n) is 4.29. The fraction of sp³-hybridized carbons (Fsp3) is 0.296. The first-order chi connectivity index (χ1) is 15.7. The molecule has 1 N–H and O–H groups in total. The topological polar surface area (TPSA) is 42.8 Å². The van der Waals surface area contributed by atoms with E-state index >= 15 is 0 Å². The van der Waals surface area contributed by atoms with Gasteiger partial charge in [0.15, 0.2) is 0 Å². The van der Waals surface area contributed by atoms with Crippen LogP contribution in [0.15, 0.2) is 71.7 Å². The van der Waals surface area contributed by atoms with Crippen molar-refractivity contribution in [1.29, 1.82) is 0 Å². The molecular formula is C27H28Cl2N2O2. The maximum atomic E-state index is 6.20. The lowest BCUT2D eigenvalue weighted by molar-refractivity contribution is 0.240. The zero-order chi connectivity index (χ0) is 23.8. The number of benzene rings is 3. The normalized spacial score (nSPS) is 22.1. The summed E-state index contributed by atoms with van der Waals surface area (Å²) in [5.74, 6) is 2.20. The van der Waals surface area contributed by atoms with Crippen LogP contribution in [0.4, 0.5) is 0 Å². The molecule has 0 saturated heterocycles. The molecule has 3 aromatic carbocycles. The number of halogens is 2. The summed E-state index contributed by atoms with van der Waals surface area (Å²) in [7, 11) is 1.65. The van der Waals surface area contributed by atoms with Gasteiger partial charge in [-0.25, -0.2) is 0 Å². The van der Waals surface area contributed by atoms with E-state index in [-0.39, 0.29) is 6.10 Å². The molecule has 1 aliphatic heterocycles. The van der Waals surface area contributed by atoms with Crippen molar-refractivity contribution in [3.63, 3.8) is 0 Å². The summed E-state index contributed by atoms with van der Waals surface area (Å²) in [4.78, 5) is 5.27. The molecule has 4 nitrogen and oxygen atoms in total. The van der Waals surface area contributed by atoms with Crippen molar-refractivity contribution in [3.05, 3.63) is 93.5 Å². The maximum absolute atomic E-state index is 6.20. The number of hydrogen-bond acceptors (Lipinski definition) is 4. The lowest BCUT2D eigenvalue weighted by atomic mass is 9.72. The summed E-state index contributed by atoms with van der Waals surface area (Å²) in [5.41, 5.74) is 1.81. The van der Waals surface area contributed by atoms with Crippen LogP contribution >= 0.6 is 23.2 Å². The Bertz CT molecular complexity index is 1180. The zero-order valence-corrected chi connectivity index (χ0v) is 21.0. The SMILES string of the molecule is COc1ccc(C2=N[C@@](C)(c3ccc(Cl)cc3)[C@@](C)(c3ccc(Cl)cc3)N2)c(OC(C)C)c1. The van der Waals surface area contributed by atoms with E-state index in [9.17, 15) is 0 Å². The van der Waals surface area contributed by atoms with E-state index in [0.717, 1.165) is 34.0 Å². The van der Waals surface area contributed by atoms with Crippen LogP contribution in [0.1, 0.15) is 44.4 Å². The molecule has 0 fully saturated rings. The molecule has 0 aliphatic carbocycles. The first-order valence-corrected chi connectivity index (χ1v) is 11.7. The molecule has 6 heteroatoms. The number of amidine groups is 1. The van der Waals surface area contributed by atoms with Gasteiger partial charge in [0.1, 0.15) is 22.9 Å². The van der Waals surface area contributed by atoms with Crippen LogP contribution in [0.3, 0.4) is 0 Å². The Morgan fingerprint density at radius 1 is 0.848 bits per heavy atom. The van der Waals surface area contributed by atoms with Crippen LogP contribution in [0, 0.1) is 0 Å². The van der Waals surface area contributed by atoms with Crippen LogP contribution in [0.25, 0.3) is 0 Å². The van der Waals surface area contributed by atoms with E-state index in [4.69, 9.17) is 37.7 Å². The Balaban J connectivity index is 1.89. The second-order valence-corrected chi connectivity index (χ2v) is 9.70. The van der Waals surface area contributed by atoms with Crippen molar-refractivity contribution in [2.75, 3.05) is 7.11 Å². The number of hydrogen-bond donors (Lipinski definition) is 1. The summed E-state index contributed by atoms with van der Waals surface area (Å²) >= 11 is 12.4. The third-order valence-electron chi connectivity index (χ3n) is 6.31. The van der Waals surface area contributed by atoms with E-state index in [0.29, 0.717) is 10.0 Å². The van der Waals surface area contributed by atoms with Gasteiger partial charge >= 0.3 is 0 Å². The molecule has 1 heterocycles. The molecule has 1 aliphatic rings. The number of methoxy groups -OCH3 is 1. The lowest BCUT2D eigenvalue weighted by Gasteiger charge is -2.40. The largest absolute Gasteiger partial charge is 0.497 e. The van der Waals surface area contributed by atoms with Gasteiger partial charge in [-0.3, -0.25) is 4.99 Å². The minimum Gasteiger partial charge on any atom is -0.497 e. The predicted octanol–water partition coefficient (Wildman–Crippen LogP) is 6.97. The molecular weight excluding hydrogens is 455 g/mol. The number of ether oxygens (including phenoxy) is 2. The molecule has 172 valence electrons. The lowest BCUT2D eigenvalue weighted by Crippen LogP contribution is -2.50. The first kappa shape index (κ1) is 23.5. The average molecular weight is 483 g/mol. The molecule has 0 amide bonds. The van der Waals surface area contributed by atoms with E-state index < -0.39 is 11.1 Å². The van der Waals surface area contributed by atoms with Crippen molar-refractivity contribution in [1.82, 2.24) is 5.32 Å². The second kappa shape index (κ2) is 8.92. The number of nitrogens with one attached hydrogen (secondary N) is 1. The van der Waals surface area contributed by atoms with Crippen LogP contribution < -0.4 is 14.8 Å². The average Bonchev–Trinajstić information content (AvgIpc) is 3.06. The van der Waals surface area contributed by atoms with Gasteiger partial charge in [-0.05, 0) is 75.2 Å². The van der Waals surface area contributed by atoms with Gasteiger partial charge in [0, 0.05) is 16.1 Å². The standard InChI is InChI=1S/C27H28Cl2N2O2/c1-17(2)33-24-16-22(32-5)14-15-23(24)25-30-26(3,18-6-10-20(28)11-7-18)27(4,31-25)19-8-12-21(29)13-9-19/h6-17H,1-5H3,(H,30,31)/t26-,27+. The molecule has 0 radical (unpaired) electrons. The highest BCUT2D eigenvalue weighted by Gasteiger charge is 2.52. The molecule has 0 aromatic heterocycles. The number of aliphatic imine (C=N–C) groups is 1. The minimum atomic E-state index is -0.629. The van der Waals surface area contributed by atoms with E-state index in [1.165, 1.54) is 0 Å². The Hall–Kier alpha value is -2.69. The fourth-order valence-corrected chi connectivity index (χ4v) is 4.54. The van der Waals surface area contributed by atoms with E-state index in [1.54, 1.807) is 7.11 Å². The monoisotopic (exact) mass is 482 g/mol. The van der Waals surface area contributed by atoms with Gasteiger partial charge in [0.2, 0.25) is 0 Å². The summed E-state index contributed by atoms with van der Waals surface area (Å²) < 4.78 is 11.6. The smallest absolute Gasteiger partial charge is 0.134 e. The van der Waals surface area contributed by atoms with Gasteiger partial charge < -0.3 is 14.8 Å². The highest BCUT2D eigenvalue weighted by Crippen LogP contribution is 2.48. The number of nitrogens with zero attached hydrogens (tertiary/aromatic N) is 1. The maximum Gasteiger partial charge on any atom is 0.134 e. The third kappa shape index (κ3) is 4.30. The van der Waals surface area contributed by atoms with Crippen LogP contribution in [0.5, 0.6) is 11.5 Å². The second-order valence-electron chi connectivity index (χ2n) is 8.83. The summed E-state index contributed by atoms with van der Waals surface area (Å²) in [6.45, 7) is 8.30. The van der Waals surface area contributed by atoms with Gasteiger partial charge in [-0.2, -0.15) is 0 Å². The van der Waals surface area contributed by atoms with Crippen molar-refractivity contribution in [2.45, 2.75) is 44.9 Å². The molecule has 3 aromatic rings. The highest BCUT2D eigenvalue weighted by molar-refractivity contribution is 6.30. The van der Waals surface area contributed by atoms with Crippen LogP contribution in [-0.2, 0) is 11.1 Å². The van der Waals surface area contributed by atoms with Crippen LogP contribution in [0.2, 0.25) is 10.0 Å². The Morgan fingerprint density at radius 2 is 1.42 bits per heavy atom. The molecule has 33 heavy (non-hydrogen) atoms. The Morgan fingerprint density at radius 3 is 1.97 bits per heavy atom. The molecule has 0 saturated carbocycles. The minimum absolute atomic E-state index is 0.00292. The van der Waals surface area contributed by atoms with Crippen molar-refractivity contribution in [3.8, 4) is 11.5 Å². The summed E-state index contributed by atoms with van der Waals surface area (Å²) in [6.07, 6.45) is 0.00292. The van der Waals surface area contributed by atoms with Crippen molar-refractivity contribution >= 4 is 29.0 Å². The molecule has 4 rings (SSSR count).